The van der Waals surface area contributed by atoms with Gasteiger partial charge in [0.05, 0.1) is 6.33 Å². The number of carbonyl (C=O) groups excluding carboxylic acids is 1. The molecular weight excluding hydrogens is 264 g/mol. The monoisotopic (exact) mass is 280 g/mol. The van der Waals surface area contributed by atoms with Crippen LogP contribution in [0.3, 0.4) is 0 Å². The van der Waals surface area contributed by atoms with Gasteiger partial charge in [-0.1, -0.05) is 0 Å². The lowest BCUT2D eigenvalue weighted by Gasteiger charge is -2.23. The van der Waals surface area contributed by atoms with Gasteiger partial charge < -0.3 is 25.3 Å². The summed E-state index contributed by atoms with van der Waals surface area (Å²) in [5.41, 5.74) is 5.55. The standard InChI is InChI=1S/C12H16N4O4/c1-12(2)19-7-5-3-14-10-6(9(13)17)15-4-16(10)11(18-5)8(7)20-12/h4-5,7-8,11,14H,3H2,1-2H3,(H2,13,17)/t5-,7+,8?,11-/m1/s1. The third kappa shape index (κ3) is 1.52. The molecule has 3 aliphatic rings. The summed E-state index contributed by atoms with van der Waals surface area (Å²) in [6.45, 7) is 4.28. The number of rotatable bonds is 1. The van der Waals surface area contributed by atoms with Gasteiger partial charge in [0, 0.05) is 6.54 Å². The third-order valence-corrected chi connectivity index (χ3v) is 3.90. The first-order valence-electron chi connectivity index (χ1n) is 6.58. The zero-order chi connectivity index (χ0) is 14.1. The predicted molar refractivity (Wildman–Crippen MR) is 67.0 cm³/mol. The molecule has 2 bridgehead atoms. The van der Waals surface area contributed by atoms with Crippen molar-refractivity contribution in [2.45, 2.75) is 44.2 Å². The summed E-state index contributed by atoms with van der Waals surface area (Å²) in [6.07, 6.45) is 0.706. The zero-order valence-electron chi connectivity index (χ0n) is 11.2. The van der Waals surface area contributed by atoms with Crippen molar-refractivity contribution in [1.82, 2.24) is 9.55 Å². The number of amides is 1. The number of fused-ring (bicyclic) bond motifs is 7. The van der Waals surface area contributed by atoms with Crippen molar-refractivity contribution >= 4 is 11.7 Å². The van der Waals surface area contributed by atoms with Crippen LogP contribution in [0, 0.1) is 0 Å². The van der Waals surface area contributed by atoms with Crippen LogP contribution in [0.25, 0.3) is 0 Å². The second-order valence-corrected chi connectivity index (χ2v) is 5.72. The van der Waals surface area contributed by atoms with E-state index in [1.165, 1.54) is 0 Å². The number of carbonyl (C=O) groups is 1. The molecule has 0 saturated carbocycles. The van der Waals surface area contributed by atoms with Gasteiger partial charge in [0.15, 0.2) is 17.7 Å². The largest absolute Gasteiger partial charge is 0.367 e. The number of hydrogen-bond donors (Lipinski definition) is 2. The summed E-state index contributed by atoms with van der Waals surface area (Å²) in [7, 11) is 0. The molecule has 1 amide bonds. The van der Waals surface area contributed by atoms with E-state index in [1.807, 2.05) is 13.8 Å². The number of aromatic nitrogens is 2. The Kier molecular flexibility index (Phi) is 2.25. The highest BCUT2D eigenvalue weighted by molar-refractivity contribution is 5.95. The van der Waals surface area contributed by atoms with Gasteiger partial charge in [-0.25, -0.2) is 4.98 Å². The number of anilines is 1. The molecule has 1 aromatic rings. The minimum absolute atomic E-state index is 0.130. The van der Waals surface area contributed by atoms with Crippen molar-refractivity contribution in [2.75, 3.05) is 11.9 Å². The van der Waals surface area contributed by atoms with Crippen molar-refractivity contribution in [1.29, 1.82) is 0 Å². The number of nitrogens with zero attached hydrogens (tertiary/aromatic N) is 2. The summed E-state index contributed by atoms with van der Waals surface area (Å²) in [4.78, 5) is 15.4. The van der Waals surface area contributed by atoms with Crippen LogP contribution in [-0.2, 0) is 14.2 Å². The second-order valence-electron chi connectivity index (χ2n) is 5.72. The molecule has 1 unspecified atom stereocenters. The van der Waals surface area contributed by atoms with Crippen LogP contribution >= 0.6 is 0 Å². The van der Waals surface area contributed by atoms with Gasteiger partial charge in [0.25, 0.3) is 5.91 Å². The quantitative estimate of drug-likeness (QED) is 0.740. The molecule has 0 spiro atoms. The van der Waals surface area contributed by atoms with Crippen LogP contribution < -0.4 is 11.1 Å². The summed E-state index contributed by atoms with van der Waals surface area (Å²) < 4.78 is 19.5. The van der Waals surface area contributed by atoms with Crippen molar-refractivity contribution in [2.24, 2.45) is 5.73 Å². The maximum Gasteiger partial charge on any atom is 0.271 e. The molecule has 108 valence electrons. The SMILES string of the molecule is CC1(C)OC2[C@@H](O1)[C@H]1CNc3c(C(N)=O)ncn3[C@@H]2O1. The van der Waals surface area contributed by atoms with E-state index in [4.69, 9.17) is 19.9 Å². The van der Waals surface area contributed by atoms with Gasteiger partial charge in [-0.15, -0.1) is 0 Å². The highest BCUT2D eigenvalue weighted by atomic mass is 16.8. The van der Waals surface area contributed by atoms with E-state index in [9.17, 15) is 4.79 Å². The molecule has 4 heterocycles. The van der Waals surface area contributed by atoms with Crippen LogP contribution in [0.5, 0.6) is 0 Å². The van der Waals surface area contributed by atoms with Gasteiger partial charge in [-0.3, -0.25) is 9.36 Å². The minimum atomic E-state index is -0.632. The van der Waals surface area contributed by atoms with Gasteiger partial charge in [0.2, 0.25) is 0 Å². The molecule has 20 heavy (non-hydrogen) atoms. The molecule has 3 N–H and O–H groups in total. The third-order valence-electron chi connectivity index (χ3n) is 3.90. The van der Waals surface area contributed by atoms with Crippen LogP contribution in [0.4, 0.5) is 5.82 Å². The Morgan fingerprint density at radius 3 is 3.00 bits per heavy atom. The van der Waals surface area contributed by atoms with Crippen LogP contribution in [0.15, 0.2) is 6.33 Å². The van der Waals surface area contributed by atoms with Crippen molar-refractivity contribution in [3.63, 3.8) is 0 Å². The highest BCUT2D eigenvalue weighted by Gasteiger charge is 2.57. The zero-order valence-corrected chi connectivity index (χ0v) is 11.2. The molecule has 8 heteroatoms. The number of imidazole rings is 1. The normalized spacial score (nSPS) is 36.9. The Morgan fingerprint density at radius 2 is 2.25 bits per heavy atom. The fourth-order valence-corrected chi connectivity index (χ4v) is 3.15. The van der Waals surface area contributed by atoms with Gasteiger partial charge in [0.1, 0.15) is 24.1 Å². The highest BCUT2D eigenvalue weighted by Crippen LogP contribution is 2.45. The summed E-state index contributed by atoms with van der Waals surface area (Å²) >= 11 is 0. The molecular formula is C12H16N4O4. The molecule has 1 aromatic heterocycles. The maximum atomic E-state index is 11.4. The molecule has 0 aromatic carbocycles. The van der Waals surface area contributed by atoms with E-state index < -0.39 is 11.7 Å². The predicted octanol–water partition coefficient (Wildman–Crippen LogP) is -0.175. The number of nitrogens with one attached hydrogen (secondary N) is 1. The Bertz CT molecular complexity index is 584. The van der Waals surface area contributed by atoms with Crippen LogP contribution in [0.2, 0.25) is 0 Å². The molecule has 3 aliphatic heterocycles. The minimum Gasteiger partial charge on any atom is -0.367 e. The number of hydrogen-bond acceptors (Lipinski definition) is 6. The molecule has 4 atom stereocenters. The first-order valence-corrected chi connectivity index (χ1v) is 6.58. The fourth-order valence-electron chi connectivity index (χ4n) is 3.15. The van der Waals surface area contributed by atoms with Crippen molar-refractivity contribution in [3.8, 4) is 0 Å². The van der Waals surface area contributed by atoms with E-state index in [1.54, 1.807) is 10.9 Å². The van der Waals surface area contributed by atoms with E-state index in [0.29, 0.717) is 12.4 Å². The summed E-state index contributed by atoms with van der Waals surface area (Å²) in [5.74, 6) is -0.617. The molecule has 2 fully saturated rings. The Labute approximate surface area is 115 Å². The molecule has 8 nitrogen and oxygen atoms in total. The number of ether oxygens (including phenoxy) is 3. The lowest BCUT2D eigenvalue weighted by atomic mass is 10.1. The van der Waals surface area contributed by atoms with Crippen LogP contribution in [0.1, 0.15) is 30.6 Å². The van der Waals surface area contributed by atoms with E-state index in [0.717, 1.165) is 0 Å². The van der Waals surface area contributed by atoms with Gasteiger partial charge in [-0.2, -0.15) is 0 Å². The summed E-state index contributed by atoms with van der Waals surface area (Å²) in [6, 6.07) is 0. The molecule has 2 saturated heterocycles. The topological polar surface area (TPSA) is 101 Å². The average molecular weight is 280 g/mol. The first-order chi connectivity index (χ1) is 9.46. The van der Waals surface area contributed by atoms with Crippen molar-refractivity contribution < 1.29 is 19.0 Å². The first kappa shape index (κ1) is 12.1. The maximum absolute atomic E-state index is 11.4. The van der Waals surface area contributed by atoms with Gasteiger partial charge in [-0.05, 0) is 13.8 Å². The fraction of sp³-hybridized carbons (Fsp3) is 0.667. The lowest BCUT2D eigenvalue weighted by molar-refractivity contribution is -0.193. The number of nitrogens with two attached hydrogens (primary N) is 1. The Hall–Kier alpha value is -1.64. The molecule has 0 aliphatic carbocycles. The van der Waals surface area contributed by atoms with Crippen molar-refractivity contribution in [3.05, 3.63) is 12.0 Å². The Balaban J connectivity index is 1.76. The smallest absolute Gasteiger partial charge is 0.271 e. The molecule has 0 radical (unpaired) electrons. The lowest BCUT2D eigenvalue weighted by Crippen LogP contribution is -2.36. The van der Waals surface area contributed by atoms with Gasteiger partial charge >= 0.3 is 0 Å². The second kappa shape index (κ2) is 3.72. The van der Waals surface area contributed by atoms with E-state index in [2.05, 4.69) is 10.3 Å². The van der Waals surface area contributed by atoms with Crippen LogP contribution in [-0.4, -0.2) is 46.1 Å². The number of primary amides is 1. The average Bonchev–Trinajstić information content (AvgIpc) is 2.94. The molecule has 4 rings (SSSR count). The van der Waals surface area contributed by atoms with E-state index >= 15 is 0 Å². The summed E-state index contributed by atoms with van der Waals surface area (Å²) in [5, 5.41) is 3.17. The van der Waals surface area contributed by atoms with E-state index in [-0.39, 0.29) is 30.2 Å². The Morgan fingerprint density at radius 1 is 1.50 bits per heavy atom.